The summed E-state index contributed by atoms with van der Waals surface area (Å²) in [5, 5.41) is 20.2. The van der Waals surface area contributed by atoms with Gasteiger partial charge in [0.15, 0.2) is 5.82 Å². The molecule has 1 aliphatic rings. The summed E-state index contributed by atoms with van der Waals surface area (Å²) in [6.45, 7) is 3.43. The number of likely N-dealkylation sites (tertiary alicyclic amines) is 1. The number of aliphatic hydroxyl groups excluding tert-OH is 1. The highest BCUT2D eigenvalue weighted by molar-refractivity contribution is 5.92. The number of aryl methyl sites for hydroxylation is 1. The molecule has 35 heavy (non-hydrogen) atoms. The maximum atomic E-state index is 9.78. The molecule has 178 valence electrons. The highest BCUT2D eigenvalue weighted by atomic mass is 16.3. The summed E-state index contributed by atoms with van der Waals surface area (Å²) in [5.74, 6) is 0.471. The second kappa shape index (κ2) is 9.13. The molecule has 6 rings (SSSR count). The van der Waals surface area contributed by atoms with Gasteiger partial charge in [0, 0.05) is 35.9 Å². The Morgan fingerprint density at radius 2 is 1.97 bits per heavy atom. The van der Waals surface area contributed by atoms with Gasteiger partial charge in [0.2, 0.25) is 0 Å². The first-order chi connectivity index (χ1) is 17.1. The third kappa shape index (κ3) is 4.38. The van der Waals surface area contributed by atoms with Gasteiger partial charge in [-0.3, -0.25) is 4.68 Å². The van der Waals surface area contributed by atoms with Crippen molar-refractivity contribution in [2.75, 3.05) is 25.4 Å². The van der Waals surface area contributed by atoms with Gasteiger partial charge in [-0.25, -0.2) is 9.50 Å². The number of aromatic nitrogens is 5. The fourth-order valence-electron chi connectivity index (χ4n) is 5.12. The van der Waals surface area contributed by atoms with Crippen molar-refractivity contribution in [1.82, 2.24) is 29.3 Å². The molecule has 0 amide bonds. The number of hydrogen-bond donors (Lipinski definition) is 2. The predicted molar refractivity (Wildman–Crippen MR) is 137 cm³/mol. The number of nitrogens with two attached hydrogens (primary N) is 1. The average molecular weight is 468 g/mol. The van der Waals surface area contributed by atoms with Crippen LogP contribution in [0.1, 0.15) is 24.1 Å². The first kappa shape index (κ1) is 21.8. The summed E-state index contributed by atoms with van der Waals surface area (Å²) in [6, 6.07) is 18.9. The Morgan fingerprint density at radius 3 is 2.80 bits per heavy atom. The highest BCUT2D eigenvalue weighted by Crippen LogP contribution is 2.32. The van der Waals surface area contributed by atoms with Crippen molar-refractivity contribution in [3.8, 4) is 11.1 Å². The zero-order valence-corrected chi connectivity index (χ0v) is 19.6. The van der Waals surface area contributed by atoms with E-state index in [-0.39, 0.29) is 6.10 Å². The van der Waals surface area contributed by atoms with E-state index in [2.05, 4.69) is 57.6 Å². The largest absolute Gasteiger partial charge is 0.392 e. The quantitative estimate of drug-likeness (QED) is 0.381. The zero-order valence-electron chi connectivity index (χ0n) is 19.6. The molecule has 0 bridgehead atoms. The van der Waals surface area contributed by atoms with E-state index >= 15 is 0 Å². The molecule has 1 fully saturated rings. The van der Waals surface area contributed by atoms with Gasteiger partial charge in [-0.15, -0.1) is 0 Å². The Hall–Kier alpha value is -3.75. The van der Waals surface area contributed by atoms with Crippen LogP contribution in [0.4, 0.5) is 5.82 Å². The van der Waals surface area contributed by atoms with Crippen LogP contribution in [0.5, 0.6) is 0 Å². The Balaban J connectivity index is 1.29. The van der Waals surface area contributed by atoms with Crippen molar-refractivity contribution in [2.45, 2.75) is 31.9 Å². The van der Waals surface area contributed by atoms with E-state index in [1.54, 1.807) is 0 Å². The molecule has 3 N–H and O–H groups in total. The lowest BCUT2D eigenvalue weighted by atomic mass is 10.0. The lowest BCUT2D eigenvalue weighted by molar-refractivity contribution is 0.176. The predicted octanol–water partition coefficient (Wildman–Crippen LogP) is 3.38. The van der Waals surface area contributed by atoms with E-state index in [0.717, 1.165) is 78.7 Å². The minimum atomic E-state index is -0.186. The smallest absolute Gasteiger partial charge is 0.151 e. The van der Waals surface area contributed by atoms with Gasteiger partial charge in [0.05, 0.1) is 18.2 Å². The number of hydrogen-bond acceptors (Lipinski definition) is 6. The van der Waals surface area contributed by atoms with Crippen LogP contribution in [0.3, 0.4) is 0 Å². The van der Waals surface area contributed by atoms with E-state index in [9.17, 15) is 5.11 Å². The number of nitrogens with zero attached hydrogens (tertiary/aromatic N) is 6. The van der Waals surface area contributed by atoms with Gasteiger partial charge in [0.1, 0.15) is 11.8 Å². The minimum Gasteiger partial charge on any atom is -0.392 e. The number of β-amino-alcohol motifs (C(OH)–C–C–N with tert-alkyl or cyclic N) is 1. The maximum absolute atomic E-state index is 9.78. The fraction of sp³-hybridized carbons (Fsp3) is 0.296. The van der Waals surface area contributed by atoms with Crippen LogP contribution in [0.25, 0.3) is 27.5 Å². The molecule has 1 aliphatic heterocycles. The molecule has 0 aliphatic carbocycles. The summed E-state index contributed by atoms with van der Waals surface area (Å²) >= 11 is 0. The lowest BCUT2D eigenvalue weighted by Gasteiger charge is -2.14. The molecule has 0 saturated carbocycles. The zero-order chi connectivity index (χ0) is 23.8. The number of fused-ring (bicyclic) bond motifs is 2. The average Bonchev–Trinajstić information content (AvgIpc) is 3.56. The summed E-state index contributed by atoms with van der Waals surface area (Å²) in [6.07, 6.45) is 6.15. The molecular weight excluding hydrogens is 438 g/mol. The van der Waals surface area contributed by atoms with Gasteiger partial charge in [-0.2, -0.15) is 10.2 Å². The summed E-state index contributed by atoms with van der Waals surface area (Å²) in [5.41, 5.74) is 12.5. The maximum Gasteiger partial charge on any atom is 0.151 e. The van der Waals surface area contributed by atoms with Crippen molar-refractivity contribution >= 4 is 22.2 Å². The van der Waals surface area contributed by atoms with Gasteiger partial charge < -0.3 is 15.7 Å². The monoisotopic (exact) mass is 467 g/mol. The normalized spacial score (nSPS) is 16.5. The molecule has 3 aromatic heterocycles. The fourth-order valence-corrected chi connectivity index (χ4v) is 5.12. The van der Waals surface area contributed by atoms with Crippen molar-refractivity contribution < 1.29 is 5.11 Å². The van der Waals surface area contributed by atoms with Gasteiger partial charge in [-0.1, -0.05) is 42.5 Å². The van der Waals surface area contributed by atoms with E-state index in [1.807, 2.05) is 27.4 Å². The van der Waals surface area contributed by atoms with Crippen molar-refractivity contribution in [3.63, 3.8) is 0 Å². The van der Waals surface area contributed by atoms with Gasteiger partial charge in [0.25, 0.3) is 0 Å². The third-order valence-corrected chi connectivity index (χ3v) is 6.86. The van der Waals surface area contributed by atoms with Crippen LogP contribution in [-0.4, -0.2) is 60.1 Å². The van der Waals surface area contributed by atoms with Crippen LogP contribution < -0.4 is 5.73 Å². The van der Waals surface area contributed by atoms with Crippen LogP contribution in [0.15, 0.2) is 67.1 Å². The van der Waals surface area contributed by atoms with Crippen molar-refractivity contribution in [1.29, 1.82) is 0 Å². The molecular formula is C27H29N7O. The Labute approximate surface area is 203 Å². The SMILES string of the molecule is Nc1ncnn2c(CCCN3CCC(O)C3)cc(-c3ccc4cn(Cc5ccccc5)nc4c3)c12. The molecule has 5 aromatic rings. The van der Waals surface area contributed by atoms with Crippen LogP contribution in [-0.2, 0) is 13.0 Å². The van der Waals surface area contributed by atoms with Gasteiger partial charge in [-0.05, 0) is 49.1 Å². The number of anilines is 1. The van der Waals surface area contributed by atoms with E-state index in [0.29, 0.717) is 5.82 Å². The highest BCUT2D eigenvalue weighted by Gasteiger charge is 2.20. The minimum absolute atomic E-state index is 0.186. The molecule has 1 saturated heterocycles. The summed E-state index contributed by atoms with van der Waals surface area (Å²) in [4.78, 5) is 6.59. The van der Waals surface area contributed by atoms with Crippen molar-refractivity contribution in [3.05, 3.63) is 78.4 Å². The first-order valence-electron chi connectivity index (χ1n) is 12.2. The van der Waals surface area contributed by atoms with Crippen molar-refractivity contribution in [2.24, 2.45) is 0 Å². The number of benzene rings is 2. The number of aliphatic hydroxyl groups is 1. The molecule has 8 heteroatoms. The molecule has 1 atom stereocenters. The molecule has 4 heterocycles. The van der Waals surface area contributed by atoms with Crippen LogP contribution in [0.2, 0.25) is 0 Å². The number of rotatable bonds is 7. The lowest BCUT2D eigenvalue weighted by Crippen LogP contribution is -2.23. The molecule has 0 spiro atoms. The molecule has 2 aromatic carbocycles. The molecule has 8 nitrogen and oxygen atoms in total. The van der Waals surface area contributed by atoms with E-state index in [4.69, 9.17) is 10.8 Å². The summed E-state index contributed by atoms with van der Waals surface area (Å²) < 4.78 is 3.91. The second-order valence-corrected chi connectivity index (χ2v) is 9.39. The molecule has 1 unspecified atom stereocenters. The second-order valence-electron chi connectivity index (χ2n) is 9.39. The van der Waals surface area contributed by atoms with Crippen LogP contribution >= 0.6 is 0 Å². The van der Waals surface area contributed by atoms with Crippen LogP contribution in [0, 0.1) is 0 Å². The Bertz CT molecular complexity index is 1470. The standard InChI is InChI=1S/C27H29N7O/c28-27-26-24(14-22(34(26)30-18-29-27)7-4-11-32-12-10-23(35)17-32)20-8-9-21-16-33(31-25(21)13-20)15-19-5-2-1-3-6-19/h1-3,5-6,8-9,13-14,16,18,23,35H,4,7,10-12,15,17H2,(H2,28,29,30). The Kier molecular flexibility index (Phi) is 5.67. The van der Waals surface area contributed by atoms with E-state index in [1.165, 1.54) is 11.9 Å². The topological polar surface area (TPSA) is 97.5 Å². The summed E-state index contributed by atoms with van der Waals surface area (Å²) in [7, 11) is 0. The first-order valence-corrected chi connectivity index (χ1v) is 12.2. The Morgan fingerprint density at radius 1 is 1.09 bits per heavy atom. The number of nitrogen functional groups attached to an aromatic ring is 1. The third-order valence-electron chi connectivity index (χ3n) is 6.86. The molecule has 0 radical (unpaired) electrons. The van der Waals surface area contributed by atoms with Gasteiger partial charge >= 0.3 is 0 Å². The van der Waals surface area contributed by atoms with E-state index < -0.39 is 0 Å².